The second-order valence-corrected chi connectivity index (χ2v) is 6.60. The van der Waals surface area contributed by atoms with Crippen molar-refractivity contribution in [1.82, 2.24) is 4.90 Å². The summed E-state index contributed by atoms with van der Waals surface area (Å²) in [6, 6.07) is 10.8. The van der Waals surface area contributed by atoms with E-state index in [0.29, 0.717) is 10.5 Å². The SMILES string of the molecule is CC(C)C[C@@H](C(=O)O)N(Cc1ccc2ccccc2c1)C(=O)C(F)(F)F.[Li]. The van der Waals surface area contributed by atoms with Crippen LogP contribution < -0.4 is 0 Å². The molecule has 0 fully saturated rings. The molecule has 0 saturated heterocycles. The molecule has 0 unspecified atom stereocenters. The van der Waals surface area contributed by atoms with E-state index in [2.05, 4.69) is 0 Å². The monoisotopic (exact) mass is 374 g/mol. The van der Waals surface area contributed by atoms with Gasteiger partial charge in [0.1, 0.15) is 6.04 Å². The molecule has 0 saturated carbocycles. The Bertz CT molecular complexity index is 808. The number of fused-ring (bicyclic) bond motifs is 1. The van der Waals surface area contributed by atoms with Gasteiger partial charge in [-0.3, -0.25) is 4.79 Å². The normalized spacial score (nSPS) is 12.5. The maximum atomic E-state index is 13.0. The molecule has 0 aliphatic heterocycles. The number of nitrogens with zero attached hydrogens (tertiary/aromatic N) is 1. The van der Waals surface area contributed by atoms with Gasteiger partial charge in [0, 0.05) is 25.4 Å². The Hall–Kier alpha value is -1.97. The van der Waals surface area contributed by atoms with Crippen LogP contribution in [0.25, 0.3) is 10.8 Å². The van der Waals surface area contributed by atoms with Crippen LogP contribution in [0.1, 0.15) is 25.8 Å². The summed E-state index contributed by atoms with van der Waals surface area (Å²) in [6.45, 7) is 2.97. The van der Waals surface area contributed by atoms with Gasteiger partial charge in [-0.1, -0.05) is 50.2 Å². The molecule has 0 bridgehead atoms. The number of carboxylic acids is 1. The zero-order valence-electron chi connectivity index (χ0n) is 15.5. The molecule has 8 heteroatoms. The Morgan fingerprint density at radius 1 is 1.07 bits per heavy atom. The van der Waals surface area contributed by atoms with E-state index >= 15 is 0 Å². The first-order valence-electron chi connectivity index (χ1n) is 8.18. The molecule has 141 valence electrons. The Balaban J connectivity index is 0.00000364. The Morgan fingerprint density at radius 2 is 1.67 bits per heavy atom. The van der Waals surface area contributed by atoms with Crippen molar-refractivity contribution in [2.75, 3.05) is 0 Å². The van der Waals surface area contributed by atoms with Crippen LogP contribution in [0.2, 0.25) is 0 Å². The first-order valence-corrected chi connectivity index (χ1v) is 8.18. The average Bonchev–Trinajstić information content (AvgIpc) is 2.56. The molecule has 2 aromatic rings. The molecule has 0 aliphatic rings. The van der Waals surface area contributed by atoms with E-state index < -0.39 is 30.6 Å². The molecule has 0 spiro atoms. The molecule has 4 nitrogen and oxygen atoms in total. The van der Waals surface area contributed by atoms with Crippen molar-refractivity contribution in [3.05, 3.63) is 48.0 Å². The number of rotatable bonds is 6. The number of hydrogen-bond acceptors (Lipinski definition) is 2. The quantitative estimate of drug-likeness (QED) is 0.782. The fourth-order valence-corrected chi connectivity index (χ4v) is 2.83. The molecule has 2 rings (SSSR count). The second kappa shape index (κ2) is 9.29. The smallest absolute Gasteiger partial charge is 0.471 e. The van der Waals surface area contributed by atoms with Crippen molar-refractivity contribution >= 4 is 41.5 Å². The zero-order valence-corrected chi connectivity index (χ0v) is 15.5. The Labute approximate surface area is 167 Å². The van der Waals surface area contributed by atoms with Gasteiger partial charge < -0.3 is 10.0 Å². The van der Waals surface area contributed by atoms with Crippen molar-refractivity contribution < 1.29 is 27.9 Å². The minimum atomic E-state index is -5.14. The molecule has 27 heavy (non-hydrogen) atoms. The maximum Gasteiger partial charge on any atom is 0.471 e. The third kappa shape index (κ3) is 6.01. The summed E-state index contributed by atoms with van der Waals surface area (Å²) in [4.78, 5) is 23.9. The Morgan fingerprint density at radius 3 is 2.19 bits per heavy atom. The molecular weight excluding hydrogens is 354 g/mol. The largest absolute Gasteiger partial charge is 0.480 e. The van der Waals surface area contributed by atoms with E-state index in [9.17, 15) is 27.9 Å². The summed E-state index contributed by atoms with van der Waals surface area (Å²) in [5.41, 5.74) is 0.441. The van der Waals surface area contributed by atoms with Gasteiger partial charge >= 0.3 is 18.1 Å². The van der Waals surface area contributed by atoms with E-state index in [4.69, 9.17) is 0 Å². The van der Waals surface area contributed by atoms with Gasteiger partial charge in [0.2, 0.25) is 0 Å². The minimum Gasteiger partial charge on any atom is -0.480 e. The van der Waals surface area contributed by atoms with Crippen LogP contribution in [-0.2, 0) is 16.1 Å². The van der Waals surface area contributed by atoms with E-state index in [0.717, 1.165) is 10.8 Å². The number of carbonyl (C=O) groups excluding carboxylic acids is 1. The second-order valence-electron chi connectivity index (χ2n) is 6.60. The molecule has 0 aromatic heterocycles. The number of alkyl halides is 3. The zero-order chi connectivity index (χ0) is 19.5. The molecule has 1 amide bonds. The third-order valence-corrected chi connectivity index (χ3v) is 4.03. The van der Waals surface area contributed by atoms with E-state index in [1.54, 1.807) is 44.2 Å². The summed E-state index contributed by atoms with van der Waals surface area (Å²) in [5, 5.41) is 11.1. The molecule has 0 aliphatic carbocycles. The van der Waals surface area contributed by atoms with Gasteiger partial charge in [-0.05, 0) is 34.7 Å². The number of benzene rings is 2. The van der Waals surface area contributed by atoms with Gasteiger partial charge in [0.15, 0.2) is 0 Å². The standard InChI is InChI=1S/C19H20F3NO3.Li/c1-12(2)9-16(17(24)25)23(18(26)19(20,21)22)11-13-7-8-14-5-3-4-6-15(14)10-13;/h3-8,10,12,16H,9,11H2,1-2H3,(H,24,25);/t16-;/m0./s1. The van der Waals surface area contributed by atoms with Crippen LogP contribution in [0.15, 0.2) is 42.5 Å². The number of aliphatic carboxylic acids is 1. The van der Waals surface area contributed by atoms with Crippen LogP contribution in [0, 0.1) is 5.92 Å². The summed E-state index contributed by atoms with van der Waals surface area (Å²) < 4.78 is 39.1. The third-order valence-electron chi connectivity index (χ3n) is 4.03. The number of carboxylic acid groups (broad SMARTS) is 1. The van der Waals surface area contributed by atoms with Gasteiger partial charge in [-0.2, -0.15) is 13.2 Å². The Kier molecular flexibility index (Phi) is 7.94. The van der Waals surface area contributed by atoms with Crippen molar-refractivity contribution in [1.29, 1.82) is 0 Å². The summed E-state index contributed by atoms with van der Waals surface area (Å²) >= 11 is 0. The fraction of sp³-hybridized carbons (Fsp3) is 0.368. The summed E-state index contributed by atoms with van der Waals surface area (Å²) in [5.74, 6) is -3.77. The summed E-state index contributed by atoms with van der Waals surface area (Å²) in [7, 11) is 0. The van der Waals surface area contributed by atoms with E-state index in [-0.39, 0.29) is 31.2 Å². The first-order chi connectivity index (χ1) is 12.1. The summed E-state index contributed by atoms with van der Waals surface area (Å²) in [6.07, 6.45) is -5.20. The van der Waals surface area contributed by atoms with Gasteiger partial charge in [-0.25, -0.2) is 4.79 Å². The van der Waals surface area contributed by atoms with Crippen molar-refractivity contribution in [3.8, 4) is 0 Å². The topological polar surface area (TPSA) is 57.6 Å². The fourth-order valence-electron chi connectivity index (χ4n) is 2.83. The van der Waals surface area contributed by atoms with E-state index in [1.807, 2.05) is 12.1 Å². The maximum absolute atomic E-state index is 13.0. The minimum absolute atomic E-state index is 0. The van der Waals surface area contributed by atoms with Gasteiger partial charge in [0.05, 0.1) is 0 Å². The van der Waals surface area contributed by atoms with Crippen LogP contribution in [0.5, 0.6) is 0 Å². The molecular formula is C19H20F3LiNO3. The number of carbonyl (C=O) groups is 2. The van der Waals surface area contributed by atoms with Crippen LogP contribution in [0.4, 0.5) is 13.2 Å². The predicted molar refractivity (Wildman–Crippen MR) is 97.2 cm³/mol. The van der Waals surface area contributed by atoms with Crippen molar-refractivity contribution in [2.24, 2.45) is 5.92 Å². The number of amides is 1. The molecule has 0 heterocycles. The van der Waals surface area contributed by atoms with Gasteiger partial charge in [-0.15, -0.1) is 0 Å². The molecule has 1 radical (unpaired) electrons. The first kappa shape index (κ1) is 23.1. The van der Waals surface area contributed by atoms with Crippen molar-refractivity contribution in [2.45, 2.75) is 39.0 Å². The molecule has 2 aromatic carbocycles. The predicted octanol–water partition coefficient (Wildman–Crippen LogP) is 3.85. The van der Waals surface area contributed by atoms with Crippen molar-refractivity contribution in [3.63, 3.8) is 0 Å². The number of hydrogen-bond donors (Lipinski definition) is 1. The average molecular weight is 374 g/mol. The van der Waals surface area contributed by atoms with E-state index in [1.165, 1.54) is 0 Å². The van der Waals surface area contributed by atoms with Crippen LogP contribution in [0.3, 0.4) is 0 Å². The molecule has 1 N–H and O–H groups in total. The molecule has 1 atom stereocenters. The van der Waals surface area contributed by atoms with Crippen LogP contribution in [-0.4, -0.2) is 53.0 Å². The van der Waals surface area contributed by atoms with Gasteiger partial charge in [0.25, 0.3) is 0 Å². The van der Waals surface area contributed by atoms with Crippen LogP contribution >= 0.6 is 0 Å². The number of halogens is 3.